The molecule has 0 aliphatic carbocycles. The van der Waals surface area contributed by atoms with Crippen LogP contribution in [-0.2, 0) is 10.0 Å². The molecule has 0 atom stereocenters. The maximum Gasteiger partial charge on any atom is 0.263 e. The van der Waals surface area contributed by atoms with Gasteiger partial charge in [-0.15, -0.1) is 0 Å². The van der Waals surface area contributed by atoms with Gasteiger partial charge in [-0.25, -0.2) is 12.8 Å². The van der Waals surface area contributed by atoms with Crippen LogP contribution in [0.1, 0.15) is 5.56 Å². The van der Waals surface area contributed by atoms with Crippen molar-refractivity contribution < 1.29 is 12.8 Å². The Labute approximate surface area is 120 Å². The lowest BCUT2D eigenvalue weighted by molar-refractivity contribution is 0.598. The van der Waals surface area contributed by atoms with E-state index in [1.807, 2.05) is 0 Å². The van der Waals surface area contributed by atoms with Gasteiger partial charge >= 0.3 is 0 Å². The number of sulfonamides is 1. The minimum Gasteiger partial charge on any atom is -0.398 e. The monoisotopic (exact) mass is 315 g/mol. The van der Waals surface area contributed by atoms with Gasteiger partial charge in [0.25, 0.3) is 10.0 Å². The molecular weight excluding hydrogens is 305 g/mol. The van der Waals surface area contributed by atoms with Crippen molar-refractivity contribution in [1.29, 1.82) is 0 Å². The topological polar surface area (TPSA) is 85.1 Å². The second-order valence-electron chi connectivity index (χ2n) is 4.10. The minimum absolute atomic E-state index is 0.0127. The molecule has 0 amide bonds. The number of halogens is 2. The number of nitrogens with zero attached hydrogens (tertiary/aromatic N) is 1. The van der Waals surface area contributed by atoms with E-state index in [2.05, 4.69) is 9.71 Å². The quantitative estimate of drug-likeness (QED) is 0.852. The van der Waals surface area contributed by atoms with Gasteiger partial charge in [0.2, 0.25) is 0 Å². The fraction of sp³-hybridized carbons (Fsp3) is 0.0833. The first-order valence-corrected chi connectivity index (χ1v) is 7.35. The van der Waals surface area contributed by atoms with Gasteiger partial charge in [0.15, 0.2) is 5.82 Å². The van der Waals surface area contributed by atoms with Gasteiger partial charge in [0, 0.05) is 11.9 Å². The molecule has 106 valence electrons. The normalized spacial score (nSPS) is 11.3. The Balaban J connectivity index is 2.47. The first kappa shape index (κ1) is 14.5. The largest absolute Gasteiger partial charge is 0.398 e. The molecule has 0 unspecified atom stereocenters. The van der Waals surface area contributed by atoms with Crippen LogP contribution in [-0.4, -0.2) is 13.4 Å². The van der Waals surface area contributed by atoms with E-state index in [1.165, 1.54) is 24.4 Å². The molecule has 2 rings (SSSR count). The van der Waals surface area contributed by atoms with Crippen LogP contribution in [0, 0.1) is 12.7 Å². The van der Waals surface area contributed by atoms with Crippen molar-refractivity contribution in [3.63, 3.8) is 0 Å². The highest BCUT2D eigenvalue weighted by atomic mass is 35.5. The smallest absolute Gasteiger partial charge is 0.263 e. The van der Waals surface area contributed by atoms with E-state index in [0.29, 0.717) is 5.56 Å². The summed E-state index contributed by atoms with van der Waals surface area (Å²) in [6.07, 6.45) is 2.18. The number of anilines is 2. The highest BCUT2D eigenvalue weighted by molar-refractivity contribution is 7.92. The second kappa shape index (κ2) is 5.26. The van der Waals surface area contributed by atoms with Gasteiger partial charge in [-0.3, -0.25) is 9.71 Å². The lowest BCUT2D eigenvalue weighted by Crippen LogP contribution is -2.15. The highest BCUT2D eigenvalue weighted by Gasteiger charge is 2.20. The maximum atomic E-state index is 13.4. The predicted molar refractivity (Wildman–Crippen MR) is 75.6 cm³/mol. The molecular formula is C12H11ClFN3O2S. The number of benzene rings is 1. The lowest BCUT2D eigenvalue weighted by atomic mass is 10.2. The molecule has 0 saturated carbocycles. The molecule has 0 saturated heterocycles. The van der Waals surface area contributed by atoms with Crippen LogP contribution in [0.25, 0.3) is 0 Å². The average Bonchev–Trinajstić information content (AvgIpc) is 2.36. The van der Waals surface area contributed by atoms with E-state index in [4.69, 9.17) is 17.3 Å². The molecule has 8 heteroatoms. The van der Waals surface area contributed by atoms with Crippen molar-refractivity contribution in [3.05, 3.63) is 47.0 Å². The van der Waals surface area contributed by atoms with E-state index in [1.54, 1.807) is 6.92 Å². The number of nitrogen functional groups attached to an aromatic ring is 1. The Morgan fingerprint density at radius 1 is 1.40 bits per heavy atom. The van der Waals surface area contributed by atoms with Crippen molar-refractivity contribution in [1.82, 2.24) is 4.98 Å². The summed E-state index contributed by atoms with van der Waals surface area (Å²) in [5.41, 5.74) is 6.40. The second-order valence-corrected chi connectivity index (χ2v) is 6.16. The van der Waals surface area contributed by atoms with Crippen LogP contribution >= 0.6 is 11.6 Å². The van der Waals surface area contributed by atoms with E-state index in [-0.39, 0.29) is 21.3 Å². The van der Waals surface area contributed by atoms with Crippen LogP contribution in [0.5, 0.6) is 0 Å². The minimum atomic E-state index is -4.04. The highest BCUT2D eigenvalue weighted by Crippen LogP contribution is 2.28. The number of nitrogens with two attached hydrogens (primary N) is 1. The van der Waals surface area contributed by atoms with Crippen LogP contribution in [0.15, 0.2) is 35.5 Å². The lowest BCUT2D eigenvalue weighted by Gasteiger charge is -2.11. The number of aromatic nitrogens is 1. The molecule has 0 aliphatic heterocycles. The molecule has 0 aliphatic rings. The van der Waals surface area contributed by atoms with Crippen LogP contribution < -0.4 is 10.5 Å². The van der Waals surface area contributed by atoms with Crippen LogP contribution in [0.3, 0.4) is 0 Å². The van der Waals surface area contributed by atoms with Gasteiger partial charge < -0.3 is 5.73 Å². The summed E-state index contributed by atoms with van der Waals surface area (Å²) in [6, 6.07) is 3.88. The number of aryl methyl sites for hydroxylation is 1. The van der Waals surface area contributed by atoms with Crippen molar-refractivity contribution in [2.75, 3.05) is 10.5 Å². The van der Waals surface area contributed by atoms with Gasteiger partial charge in [-0.1, -0.05) is 11.6 Å². The zero-order valence-corrected chi connectivity index (χ0v) is 12.0. The van der Waals surface area contributed by atoms with Crippen LogP contribution in [0.4, 0.5) is 15.8 Å². The molecule has 2 aromatic rings. The summed E-state index contributed by atoms with van der Waals surface area (Å²) < 4.78 is 39.9. The molecule has 0 radical (unpaired) electrons. The summed E-state index contributed by atoms with van der Waals surface area (Å²) >= 11 is 5.91. The van der Waals surface area contributed by atoms with E-state index < -0.39 is 15.8 Å². The summed E-state index contributed by atoms with van der Waals surface area (Å²) in [5.74, 6) is -0.785. The van der Waals surface area contributed by atoms with E-state index in [0.717, 1.165) is 6.20 Å². The fourth-order valence-electron chi connectivity index (χ4n) is 1.53. The van der Waals surface area contributed by atoms with Gasteiger partial charge in [-0.05, 0) is 30.7 Å². The van der Waals surface area contributed by atoms with Crippen molar-refractivity contribution in [2.45, 2.75) is 11.8 Å². The first-order valence-electron chi connectivity index (χ1n) is 5.49. The first-order chi connectivity index (χ1) is 9.31. The van der Waals surface area contributed by atoms with Crippen molar-refractivity contribution in [3.8, 4) is 0 Å². The third-order valence-corrected chi connectivity index (χ3v) is 4.46. The van der Waals surface area contributed by atoms with Gasteiger partial charge in [-0.2, -0.15) is 0 Å². The Morgan fingerprint density at radius 3 is 2.75 bits per heavy atom. The average molecular weight is 316 g/mol. The molecule has 1 heterocycles. The number of pyridine rings is 1. The standard InChI is InChI=1S/C12H11ClFN3O2S/c1-7-4-8(13)12(5-10(7)15)20(18,19)17-11-2-3-16-6-9(11)14/h2-6H,15H2,1H3,(H,16,17). The van der Waals surface area contributed by atoms with Crippen molar-refractivity contribution >= 4 is 33.0 Å². The molecule has 0 spiro atoms. The van der Waals surface area contributed by atoms with Crippen molar-refractivity contribution in [2.24, 2.45) is 0 Å². The number of hydrogen-bond donors (Lipinski definition) is 2. The third kappa shape index (κ3) is 2.83. The molecule has 0 bridgehead atoms. The third-order valence-electron chi connectivity index (χ3n) is 2.63. The Kier molecular flexibility index (Phi) is 3.82. The number of rotatable bonds is 3. The van der Waals surface area contributed by atoms with Gasteiger partial charge in [0.1, 0.15) is 4.90 Å². The zero-order valence-electron chi connectivity index (χ0n) is 10.4. The zero-order chi connectivity index (χ0) is 14.9. The maximum absolute atomic E-state index is 13.4. The summed E-state index contributed by atoms with van der Waals surface area (Å²) in [4.78, 5) is 3.33. The number of nitrogens with one attached hydrogen (secondary N) is 1. The van der Waals surface area contributed by atoms with Crippen LogP contribution in [0.2, 0.25) is 5.02 Å². The number of hydrogen-bond acceptors (Lipinski definition) is 4. The van der Waals surface area contributed by atoms with E-state index >= 15 is 0 Å². The molecule has 5 nitrogen and oxygen atoms in total. The Hall–Kier alpha value is -1.86. The molecule has 3 N–H and O–H groups in total. The summed E-state index contributed by atoms with van der Waals surface area (Å²) in [5, 5.41) is 0.0127. The Bertz CT molecular complexity index is 765. The summed E-state index contributed by atoms with van der Waals surface area (Å²) in [6.45, 7) is 1.70. The SMILES string of the molecule is Cc1cc(Cl)c(S(=O)(=O)Nc2ccncc2F)cc1N. The molecule has 1 aromatic carbocycles. The fourth-order valence-corrected chi connectivity index (χ4v) is 3.22. The molecule has 0 fully saturated rings. The van der Waals surface area contributed by atoms with E-state index in [9.17, 15) is 12.8 Å². The Morgan fingerprint density at radius 2 is 2.10 bits per heavy atom. The van der Waals surface area contributed by atoms with Gasteiger partial charge in [0.05, 0.1) is 16.9 Å². The predicted octanol–water partition coefficient (Wildman–Crippen LogP) is 2.57. The molecule has 20 heavy (non-hydrogen) atoms. The summed E-state index contributed by atoms with van der Waals surface area (Å²) in [7, 11) is -4.04. The molecule has 1 aromatic heterocycles.